The molecule has 0 radical (unpaired) electrons. The van der Waals surface area contributed by atoms with E-state index < -0.39 is 5.97 Å². The molecule has 0 saturated carbocycles. The fourth-order valence-corrected chi connectivity index (χ4v) is 3.08. The Kier molecular flexibility index (Phi) is 4.38. The maximum atomic E-state index is 12.4. The first-order valence-corrected chi connectivity index (χ1v) is 8.31. The number of carbonyl (C=O) groups excluding carboxylic acids is 1. The summed E-state index contributed by atoms with van der Waals surface area (Å²) in [5.41, 5.74) is 2.16. The summed E-state index contributed by atoms with van der Waals surface area (Å²) in [5, 5.41) is 0. The van der Waals surface area contributed by atoms with Crippen LogP contribution in [0.25, 0.3) is 16.6 Å². The molecule has 0 bridgehead atoms. The lowest BCUT2D eigenvalue weighted by molar-refractivity contribution is 0.0526. The maximum Gasteiger partial charge on any atom is 0.338 e. The van der Waals surface area contributed by atoms with Gasteiger partial charge in [0.05, 0.1) is 29.4 Å². The summed E-state index contributed by atoms with van der Waals surface area (Å²) in [6.07, 6.45) is 3.51. The Labute approximate surface area is 139 Å². The van der Waals surface area contributed by atoms with Crippen LogP contribution in [0.2, 0.25) is 0 Å². The van der Waals surface area contributed by atoms with Gasteiger partial charge in [-0.1, -0.05) is 13.8 Å². The lowest BCUT2D eigenvalue weighted by Gasteiger charge is -2.13. The van der Waals surface area contributed by atoms with E-state index in [0.29, 0.717) is 23.2 Å². The molecular formula is C18H21N3O3. The minimum absolute atomic E-state index is 0.215. The number of esters is 1. The van der Waals surface area contributed by atoms with Crippen LogP contribution in [0.15, 0.2) is 29.2 Å². The third-order valence-corrected chi connectivity index (χ3v) is 4.37. The van der Waals surface area contributed by atoms with Crippen molar-refractivity contribution >= 4 is 22.5 Å². The van der Waals surface area contributed by atoms with Crippen LogP contribution in [0.1, 0.15) is 55.7 Å². The number of rotatable bonds is 5. The lowest BCUT2D eigenvalue weighted by Crippen LogP contribution is -2.13. The van der Waals surface area contributed by atoms with Gasteiger partial charge in [0.25, 0.3) is 5.56 Å². The summed E-state index contributed by atoms with van der Waals surface area (Å²) in [4.78, 5) is 31.6. The second-order valence-corrected chi connectivity index (χ2v) is 5.76. The highest BCUT2D eigenvalue weighted by Gasteiger charge is 2.18. The van der Waals surface area contributed by atoms with Crippen molar-refractivity contribution in [3.05, 3.63) is 46.1 Å². The number of fused-ring (bicyclic) bond motifs is 3. The number of aromatic nitrogens is 3. The summed E-state index contributed by atoms with van der Waals surface area (Å²) in [6, 6.07) is 5.21. The van der Waals surface area contributed by atoms with Gasteiger partial charge in [0.2, 0.25) is 0 Å². The Hall–Kier alpha value is -2.63. The largest absolute Gasteiger partial charge is 0.462 e. The summed E-state index contributed by atoms with van der Waals surface area (Å²) >= 11 is 0. The molecule has 0 spiro atoms. The Balaban J connectivity index is 2.27. The zero-order valence-electron chi connectivity index (χ0n) is 14.1. The van der Waals surface area contributed by atoms with Crippen LogP contribution < -0.4 is 5.56 Å². The number of carbonyl (C=O) groups is 1. The Morgan fingerprint density at radius 3 is 2.67 bits per heavy atom. The van der Waals surface area contributed by atoms with Gasteiger partial charge in [-0.15, -0.1) is 0 Å². The number of imidazole rings is 1. The van der Waals surface area contributed by atoms with Crippen molar-refractivity contribution in [2.75, 3.05) is 6.61 Å². The summed E-state index contributed by atoms with van der Waals surface area (Å²) in [7, 11) is 0. The van der Waals surface area contributed by atoms with Crippen molar-refractivity contribution in [1.82, 2.24) is 14.4 Å². The highest BCUT2D eigenvalue weighted by Crippen LogP contribution is 2.25. The monoisotopic (exact) mass is 327 g/mol. The molecule has 0 fully saturated rings. The fraction of sp³-hybridized carbons (Fsp3) is 0.389. The Morgan fingerprint density at radius 2 is 2.00 bits per heavy atom. The van der Waals surface area contributed by atoms with E-state index in [9.17, 15) is 9.59 Å². The smallest absolute Gasteiger partial charge is 0.338 e. The van der Waals surface area contributed by atoms with Crippen LogP contribution in [-0.2, 0) is 4.74 Å². The van der Waals surface area contributed by atoms with Crippen molar-refractivity contribution in [3.63, 3.8) is 0 Å². The number of hydrogen-bond acceptors (Lipinski definition) is 4. The first-order chi connectivity index (χ1) is 11.6. The minimum atomic E-state index is -0.397. The van der Waals surface area contributed by atoms with Crippen LogP contribution in [-0.4, -0.2) is 26.9 Å². The first-order valence-electron chi connectivity index (χ1n) is 8.31. The molecule has 6 heteroatoms. The number of aromatic amines is 1. The number of benzene rings is 1. The molecular weight excluding hydrogens is 306 g/mol. The molecule has 0 aliphatic heterocycles. The number of ether oxygens (including phenoxy) is 1. The Bertz CT molecular complexity index is 951. The van der Waals surface area contributed by atoms with Gasteiger partial charge in [-0.25, -0.2) is 9.78 Å². The molecule has 24 heavy (non-hydrogen) atoms. The molecule has 2 heterocycles. The molecule has 126 valence electrons. The average Bonchev–Trinajstić information content (AvgIpc) is 3.02. The maximum absolute atomic E-state index is 12.4. The van der Waals surface area contributed by atoms with Gasteiger partial charge >= 0.3 is 5.97 Å². The predicted molar refractivity (Wildman–Crippen MR) is 92.6 cm³/mol. The molecule has 0 saturated heterocycles. The van der Waals surface area contributed by atoms with Crippen LogP contribution in [0.3, 0.4) is 0 Å². The molecule has 1 N–H and O–H groups in total. The molecule has 0 aliphatic carbocycles. The highest BCUT2D eigenvalue weighted by molar-refractivity contribution is 5.94. The predicted octanol–water partition coefficient (Wildman–Crippen LogP) is 3.26. The molecule has 1 aromatic carbocycles. The summed E-state index contributed by atoms with van der Waals surface area (Å²) in [5.74, 6) is 0.767. The number of H-pyrrole nitrogens is 1. The van der Waals surface area contributed by atoms with Crippen LogP contribution >= 0.6 is 0 Å². The van der Waals surface area contributed by atoms with E-state index in [1.165, 1.54) is 0 Å². The second kappa shape index (κ2) is 6.47. The minimum Gasteiger partial charge on any atom is -0.462 e. The van der Waals surface area contributed by atoms with Crippen molar-refractivity contribution in [3.8, 4) is 0 Å². The normalized spacial score (nSPS) is 11.5. The van der Waals surface area contributed by atoms with Crippen molar-refractivity contribution in [1.29, 1.82) is 0 Å². The van der Waals surface area contributed by atoms with Crippen LogP contribution in [0.5, 0.6) is 0 Å². The molecule has 2 aromatic heterocycles. The molecule has 0 unspecified atom stereocenters. The number of nitrogens with zero attached hydrogens (tertiary/aromatic N) is 2. The van der Waals surface area contributed by atoms with E-state index in [4.69, 9.17) is 4.74 Å². The quantitative estimate of drug-likeness (QED) is 0.730. The van der Waals surface area contributed by atoms with Crippen molar-refractivity contribution in [2.45, 2.75) is 39.5 Å². The SMILES string of the molecule is CCOC(=O)c1ccc2c(c1)[nH]c(=O)c1cnc(C(CC)CC)n12. The topological polar surface area (TPSA) is 76.5 Å². The van der Waals surface area contributed by atoms with E-state index >= 15 is 0 Å². The second-order valence-electron chi connectivity index (χ2n) is 5.76. The van der Waals surface area contributed by atoms with Gasteiger partial charge in [0, 0.05) is 5.92 Å². The molecule has 6 nitrogen and oxygen atoms in total. The van der Waals surface area contributed by atoms with Crippen molar-refractivity contribution < 1.29 is 9.53 Å². The van der Waals surface area contributed by atoms with Crippen molar-refractivity contribution in [2.24, 2.45) is 0 Å². The zero-order chi connectivity index (χ0) is 17.3. The third kappa shape index (κ3) is 2.58. The molecule has 3 aromatic rings. The van der Waals surface area contributed by atoms with Crippen LogP contribution in [0.4, 0.5) is 0 Å². The van der Waals surface area contributed by atoms with Crippen LogP contribution in [0, 0.1) is 0 Å². The third-order valence-electron chi connectivity index (χ3n) is 4.37. The number of hydrogen-bond donors (Lipinski definition) is 1. The van der Waals surface area contributed by atoms with Gasteiger partial charge in [0.1, 0.15) is 11.3 Å². The highest BCUT2D eigenvalue weighted by atomic mass is 16.5. The number of nitrogens with one attached hydrogen (secondary N) is 1. The molecule has 0 amide bonds. The fourth-order valence-electron chi connectivity index (χ4n) is 3.08. The molecule has 0 aliphatic rings. The molecule has 0 atom stereocenters. The lowest BCUT2D eigenvalue weighted by atomic mass is 10.0. The summed E-state index contributed by atoms with van der Waals surface area (Å²) < 4.78 is 6.93. The van der Waals surface area contributed by atoms with E-state index in [1.807, 2.05) is 10.5 Å². The van der Waals surface area contributed by atoms with Gasteiger partial charge in [0.15, 0.2) is 0 Å². The van der Waals surface area contributed by atoms with Gasteiger partial charge in [-0.05, 0) is 38.0 Å². The van der Waals surface area contributed by atoms with Gasteiger partial charge in [-0.3, -0.25) is 9.20 Å². The molecule has 3 rings (SSSR count). The summed E-state index contributed by atoms with van der Waals surface area (Å²) in [6.45, 7) is 6.30. The average molecular weight is 327 g/mol. The Morgan fingerprint density at radius 1 is 1.25 bits per heavy atom. The zero-order valence-corrected chi connectivity index (χ0v) is 14.1. The standard InChI is InChI=1S/C18H21N3O3/c1-4-11(5-2)16-19-10-15-17(22)20-13-9-12(18(23)24-6-3)7-8-14(13)21(15)16/h7-11H,4-6H2,1-3H3,(H,20,22). The van der Waals surface area contributed by atoms with E-state index in [0.717, 1.165) is 24.2 Å². The van der Waals surface area contributed by atoms with E-state index in [-0.39, 0.29) is 11.5 Å². The van der Waals surface area contributed by atoms with Gasteiger partial charge in [-0.2, -0.15) is 0 Å². The van der Waals surface area contributed by atoms with Gasteiger partial charge < -0.3 is 9.72 Å². The van der Waals surface area contributed by atoms with E-state index in [2.05, 4.69) is 23.8 Å². The first kappa shape index (κ1) is 16.2. The van der Waals surface area contributed by atoms with E-state index in [1.54, 1.807) is 25.3 Å².